The number of rotatable bonds is 8. The second kappa shape index (κ2) is 17.5. The molecular formula is C57H45N5. The van der Waals surface area contributed by atoms with Crippen LogP contribution in [-0.4, -0.2) is 26.5 Å². The molecule has 1 aromatic heterocycles. The van der Waals surface area contributed by atoms with Gasteiger partial charge in [-0.05, 0) is 88.1 Å². The van der Waals surface area contributed by atoms with Crippen LogP contribution in [0.5, 0.6) is 0 Å². The summed E-state index contributed by atoms with van der Waals surface area (Å²) < 4.78 is 0. The SMILES string of the molecule is CC1CC(c2nc(-c3ccccc3)nc(-c3ccccc3)n2)=CC=C1c1cc(-c2ccc(C3=N/C(C4C=CC=CCC4)=C/C=C/C(c4ccccc4)=N3)cc2)c2ccccc2c1. The Morgan fingerprint density at radius 1 is 0.516 bits per heavy atom. The lowest BCUT2D eigenvalue weighted by atomic mass is 9.82. The van der Waals surface area contributed by atoms with Crippen molar-refractivity contribution in [2.75, 3.05) is 0 Å². The molecule has 10 rings (SSSR count). The predicted octanol–water partition coefficient (Wildman–Crippen LogP) is 13.7. The fraction of sp³-hybridized carbons (Fsp3) is 0.105. The molecular weight excluding hydrogens is 755 g/mol. The van der Waals surface area contributed by atoms with Crippen LogP contribution in [0.3, 0.4) is 0 Å². The maximum absolute atomic E-state index is 5.29. The molecule has 6 aromatic carbocycles. The molecule has 0 saturated carbocycles. The van der Waals surface area contributed by atoms with Gasteiger partial charge in [-0.1, -0.05) is 189 Å². The van der Waals surface area contributed by atoms with Crippen LogP contribution in [-0.2, 0) is 0 Å². The number of nitrogens with zero attached hydrogens (tertiary/aromatic N) is 5. The molecule has 2 unspecified atom stereocenters. The molecule has 2 atom stereocenters. The average Bonchev–Trinajstić information content (AvgIpc) is 3.62. The second-order valence-electron chi connectivity index (χ2n) is 16.0. The summed E-state index contributed by atoms with van der Waals surface area (Å²) in [6, 6.07) is 52.8. The molecule has 1 aliphatic heterocycles. The summed E-state index contributed by atoms with van der Waals surface area (Å²) >= 11 is 0. The quantitative estimate of drug-likeness (QED) is 0.154. The third kappa shape index (κ3) is 8.26. The molecule has 0 saturated heterocycles. The van der Waals surface area contributed by atoms with Crippen LogP contribution in [0.1, 0.15) is 48.7 Å². The molecule has 2 heterocycles. The zero-order chi connectivity index (χ0) is 41.7. The van der Waals surface area contributed by atoms with Gasteiger partial charge in [0, 0.05) is 33.9 Å². The minimum Gasteiger partial charge on any atom is -0.233 e. The third-order valence-electron chi connectivity index (χ3n) is 11.8. The Labute approximate surface area is 363 Å². The summed E-state index contributed by atoms with van der Waals surface area (Å²) in [5.74, 6) is 3.23. The molecule has 0 spiro atoms. The number of aliphatic imine (C=N–C) groups is 2. The molecule has 2 aliphatic carbocycles. The van der Waals surface area contributed by atoms with Gasteiger partial charge in [0.1, 0.15) is 0 Å². The fourth-order valence-electron chi connectivity index (χ4n) is 8.55. The van der Waals surface area contributed by atoms with Crippen molar-refractivity contribution >= 4 is 33.5 Å². The lowest BCUT2D eigenvalue weighted by Crippen LogP contribution is -2.09. The van der Waals surface area contributed by atoms with Crippen LogP contribution in [0, 0.1) is 11.8 Å². The average molecular weight is 800 g/mol. The maximum atomic E-state index is 5.29. The van der Waals surface area contributed by atoms with E-state index in [2.05, 4.69) is 171 Å². The van der Waals surface area contributed by atoms with Crippen molar-refractivity contribution in [1.29, 1.82) is 0 Å². The van der Waals surface area contributed by atoms with Crippen LogP contribution in [0.25, 0.3) is 55.8 Å². The monoisotopic (exact) mass is 799 g/mol. The first-order chi connectivity index (χ1) is 30.6. The van der Waals surface area contributed by atoms with Crippen molar-refractivity contribution in [2.24, 2.45) is 21.8 Å². The highest BCUT2D eigenvalue weighted by atomic mass is 15.0. The van der Waals surface area contributed by atoms with E-state index in [0.717, 1.165) is 69.9 Å². The molecule has 5 heteroatoms. The molecule has 298 valence electrons. The minimum atomic E-state index is 0.213. The number of allylic oxidation sites excluding steroid dienone is 11. The van der Waals surface area contributed by atoms with Crippen LogP contribution in [0.2, 0.25) is 0 Å². The van der Waals surface area contributed by atoms with E-state index in [-0.39, 0.29) is 11.8 Å². The van der Waals surface area contributed by atoms with Crippen molar-refractivity contribution < 1.29 is 0 Å². The van der Waals surface area contributed by atoms with Gasteiger partial charge < -0.3 is 0 Å². The Bertz CT molecular complexity index is 2960. The summed E-state index contributed by atoms with van der Waals surface area (Å²) in [4.78, 5) is 25.5. The minimum absolute atomic E-state index is 0.213. The molecule has 0 amide bonds. The van der Waals surface area contributed by atoms with E-state index in [9.17, 15) is 0 Å². The molecule has 5 nitrogen and oxygen atoms in total. The number of hydrogen-bond acceptors (Lipinski definition) is 5. The van der Waals surface area contributed by atoms with Crippen molar-refractivity contribution in [3.63, 3.8) is 0 Å². The number of fused-ring (bicyclic) bond motifs is 1. The predicted molar refractivity (Wildman–Crippen MR) is 258 cm³/mol. The molecule has 62 heavy (non-hydrogen) atoms. The molecule has 0 bridgehead atoms. The molecule has 0 radical (unpaired) electrons. The fourth-order valence-corrected chi connectivity index (χ4v) is 8.55. The Morgan fingerprint density at radius 2 is 1.16 bits per heavy atom. The van der Waals surface area contributed by atoms with Crippen molar-refractivity contribution in [3.8, 4) is 33.9 Å². The number of hydrogen-bond donors (Lipinski definition) is 0. The van der Waals surface area contributed by atoms with Gasteiger partial charge in [-0.2, -0.15) is 0 Å². The van der Waals surface area contributed by atoms with Gasteiger partial charge in [-0.25, -0.2) is 24.9 Å². The smallest absolute Gasteiger partial charge is 0.164 e. The highest BCUT2D eigenvalue weighted by Crippen LogP contribution is 2.40. The topological polar surface area (TPSA) is 63.4 Å². The summed E-state index contributed by atoms with van der Waals surface area (Å²) in [6.45, 7) is 2.30. The van der Waals surface area contributed by atoms with Crippen molar-refractivity contribution in [2.45, 2.75) is 26.2 Å². The molecule has 7 aromatic rings. The van der Waals surface area contributed by atoms with Gasteiger partial charge in [0.25, 0.3) is 0 Å². The maximum Gasteiger partial charge on any atom is 0.164 e. The van der Waals surface area contributed by atoms with Gasteiger partial charge in [-0.3, -0.25) is 0 Å². The normalized spacial score (nSPS) is 18.9. The van der Waals surface area contributed by atoms with Gasteiger partial charge in [0.2, 0.25) is 0 Å². The highest BCUT2D eigenvalue weighted by Gasteiger charge is 2.23. The van der Waals surface area contributed by atoms with E-state index in [1.54, 1.807) is 0 Å². The Hall–Kier alpha value is -7.63. The van der Waals surface area contributed by atoms with E-state index in [1.165, 1.54) is 27.5 Å². The van der Waals surface area contributed by atoms with E-state index < -0.39 is 0 Å². The second-order valence-corrected chi connectivity index (χ2v) is 16.0. The first kappa shape index (κ1) is 38.6. The first-order valence-electron chi connectivity index (χ1n) is 21.5. The summed E-state index contributed by atoms with van der Waals surface area (Å²) in [5.41, 5.74) is 11.8. The van der Waals surface area contributed by atoms with E-state index in [4.69, 9.17) is 24.9 Å². The zero-order valence-electron chi connectivity index (χ0n) is 34.6. The van der Waals surface area contributed by atoms with Crippen LogP contribution in [0.4, 0.5) is 0 Å². The van der Waals surface area contributed by atoms with Gasteiger partial charge in [-0.15, -0.1) is 0 Å². The van der Waals surface area contributed by atoms with Crippen LogP contribution >= 0.6 is 0 Å². The standard InChI is InChI=1S/C57H45N5/c1-39-36-47(57-61-55(43-22-11-5-12-23-43)60-56(62-57)44-24-13-6-14-25-44)34-35-49(39)48-37-46-26-15-16-27-50(46)51(38-48)40-30-32-45(33-31-40)54-58-52(41-18-7-2-3-8-19-41)28-17-29-53(59-54)42-20-9-4-10-21-42/h2-7,9-18,20-35,37-39,41H,8,19,36H2,1H3/b28-17?,29-17+,52-28+,53-29?,58-52?,58-54?,59-53?,59-54?. The summed E-state index contributed by atoms with van der Waals surface area (Å²) in [7, 11) is 0. The van der Waals surface area contributed by atoms with Gasteiger partial charge >= 0.3 is 0 Å². The largest absolute Gasteiger partial charge is 0.233 e. The molecule has 0 N–H and O–H groups in total. The first-order valence-corrected chi connectivity index (χ1v) is 21.5. The van der Waals surface area contributed by atoms with Crippen LogP contribution < -0.4 is 0 Å². The van der Waals surface area contributed by atoms with Crippen LogP contribution in [0.15, 0.2) is 222 Å². The summed E-state index contributed by atoms with van der Waals surface area (Å²) in [5, 5.41) is 2.42. The molecule has 3 aliphatic rings. The van der Waals surface area contributed by atoms with Crippen molar-refractivity contribution in [1.82, 2.24) is 15.0 Å². The van der Waals surface area contributed by atoms with Gasteiger partial charge in [0.15, 0.2) is 23.3 Å². The zero-order valence-corrected chi connectivity index (χ0v) is 34.6. The van der Waals surface area contributed by atoms with Crippen molar-refractivity contribution in [3.05, 3.63) is 235 Å². The molecule has 0 fully saturated rings. The lowest BCUT2D eigenvalue weighted by Gasteiger charge is -2.23. The summed E-state index contributed by atoms with van der Waals surface area (Å²) in [6.07, 6.45) is 22.4. The number of amidine groups is 1. The van der Waals surface area contributed by atoms with E-state index in [1.807, 2.05) is 42.5 Å². The van der Waals surface area contributed by atoms with E-state index >= 15 is 0 Å². The Balaban J connectivity index is 1.01. The number of aromatic nitrogens is 3. The lowest BCUT2D eigenvalue weighted by molar-refractivity contribution is 0.681. The van der Waals surface area contributed by atoms with E-state index in [0.29, 0.717) is 17.5 Å². The third-order valence-corrected chi connectivity index (χ3v) is 11.8. The number of benzene rings is 6. The van der Waals surface area contributed by atoms with Gasteiger partial charge in [0.05, 0.1) is 5.71 Å². The highest BCUT2D eigenvalue weighted by molar-refractivity contribution is 6.17. The Morgan fingerprint density at radius 3 is 1.87 bits per heavy atom. The Kier molecular flexibility index (Phi) is 10.9.